The number of carboxylic acid groups (broad SMARTS) is 1. The van der Waals surface area contributed by atoms with Crippen LogP contribution in [0, 0.1) is 11.8 Å². The molecule has 7 nitrogen and oxygen atoms in total. The molecular formula is C26H32N2O5. The fraction of sp³-hybridized carbons (Fsp3) is 0.423. The van der Waals surface area contributed by atoms with Gasteiger partial charge in [-0.2, -0.15) is 0 Å². The van der Waals surface area contributed by atoms with Crippen LogP contribution in [0.4, 0.5) is 4.79 Å². The van der Waals surface area contributed by atoms with Crippen molar-refractivity contribution in [1.29, 1.82) is 0 Å². The summed E-state index contributed by atoms with van der Waals surface area (Å²) in [5.74, 6) is -1.43. The van der Waals surface area contributed by atoms with Crippen molar-refractivity contribution in [3.05, 3.63) is 59.7 Å². The molecule has 2 aromatic carbocycles. The minimum atomic E-state index is -1.05. The number of aliphatic carboxylic acids is 1. The van der Waals surface area contributed by atoms with Crippen molar-refractivity contribution >= 4 is 18.0 Å². The number of hydrogen-bond acceptors (Lipinski definition) is 4. The van der Waals surface area contributed by atoms with E-state index in [-0.39, 0.29) is 43.2 Å². The SMILES string of the molecule is CC[C@@H](NC(=O)CC(CNC(=O)OCC1c2ccccc2-c2ccccc21)C(C)C)C(=O)O. The van der Waals surface area contributed by atoms with Crippen LogP contribution in [0.3, 0.4) is 0 Å². The molecule has 0 fully saturated rings. The number of nitrogens with one attached hydrogen (secondary N) is 2. The van der Waals surface area contributed by atoms with E-state index in [9.17, 15) is 14.4 Å². The van der Waals surface area contributed by atoms with Crippen LogP contribution < -0.4 is 10.6 Å². The fourth-order valence-corrected chi connectivity index (χ4v) is 4.24. The number of carbonyl (C=O) groups is 3. The molecule has 3 rings (SSSR count). The lowest BCUT2D eigenvalue weighted by atomic mass is 9.92. The molecule has 2 aromatic rings. The van der Waals surface area contributed by atoms with E-state index in [2.05, 4.69) is 34.9 Å². The van der Waals surface area contributed by atoms with Gasteiger partial charge in [0.05, 0.1) is 0 Å². The number of carbonyl (C=O) groups excluding carboxylic acids is 2. The molecule has 33 heavy (non-hydrogen) atoms. The Bertz CT molecular complexity index is 958. The van der Waals surface area contributed by atoms with Gasteiger partial charge in [0.2, 0.25) is 5.91 Å². The van der Waals surface area contributed by atoms with Gasteiger partial charge in [0.25, 0.3) is 0 Å². The summed E-state index contributed by atoms with van der Waals surface area (Å²) in [5.41, 5.74) is 4.62. The second-order valence-electron chi connectivity index (χ2n) is 8.78. The summed E-state index contributed by atoms with van der Waals surface area (Å²) >= 11 is 0. The Hall–Kier alpha value is -3.35. The molecule has 0 spiro atoms. The Balaban J connectivity index is 1.54. The summed E-state index contributed by atoms with van der Waals surface area (Å²) in [6, 6.07) is 15.4. The Morgan fingerprint density at radius 3 is 2.09 bits per heavy atom. The first-order valence-electron chi connectivity index (χ1n) is 11.4. The Labute approximate surface area is 194 Å². The molecular weight excluding hydrogens is 420 g/mol. The maximum atomic E-state index is 12.4. The summed E-state index contributed by atoms with van der Waals surface area (Å²) in [4.78, 5) is 35.9. The summed E-state index contributed by atoms with van der Waals surface area (Å²) in [6.45, 7) is 6.13. The Morgan fingerprint density at radius 2 is 1.58 bits per heavy atom. The van der Waals surface area contributed by atoms with Crippen LogP contribution in [0.5, 0.6) is 0 Å². The number of amides is 2. The summed E-state index contributed by atoms with van der Waals surface area (Å²) < 4.78 is 5.56. The van der Waals surface area contributed by atoms with E-state index in [1.165, 1.54) is 11.1 Å². The maximum Gasteiger partial charge on any atom is 0.407 e. The zero-order valence-electron chi connectivity index (χ0n) is 19.3. The summed E-state index contributed by atoms with van der Waals surface area (Å²) in [6.07, 6.45) is -0.0869. The molecule has 2 atom stereocenters. The second kappa shape index (κ2) is 11.0. The van der Waals surface area contributed by atoms with Gasteiger partial charge in [0.1, 0.15) is 12.6 Å². The van der Waals surface area contributed by atoms with Crippen LogP contribution >= 0.6 is 0 Å². The average Bonchev–Trinajstić information content (AvgIpc) is 3.12. The van der Waals surface area contributed by atoms with Crippen molar-refractivity contribution in [2.75, 3.05) is 13.2 Å². The third kappa shape index (κ3) is 5.92. The molecule has 2 amide bonds. The highest BCUT2D eigenvalue weighted by Crippen LogP contribution is 2.44. The lowest BCUT2D eigenvalue weighted by Crippen LogP contribution is -2.42. The normalized spacial score (nSPS) is 14.2. The van der Waals surface area contributed by atoms with E-state index in [1.807, 2.05) is 38.1 Å². The zero-order chi connectivity index (χ0) is 24.0. The Morgan fingerprint density at radius 1 is 1.00 bits per heavy atom. The zero-order valence-corrected chi connectivity index (χ0v) is 19.3. The predicted molar refractivity (Wildman–Crippen MR) is 126 cm³/mol. The van der Waals surface area contributed by atoms with E-state index in [1.54, 1.807) is 6.92 Å². The van der Waals surface area contributed by atoms with Gasteiger partial charge >= 0.3 is 12.1 Å². The molecule has 0 bridgehead atoms. The molecule has 1 aliphatic carbocycles. The highest BCUT2D eigenvalue weighted by atomic mass is 16.5. The molecule has 0 radical (unpaired) electrons. The van der Waals surface area contributed by atoms with E-state index >= 15 is 0 Å². The summed E-state index contributed by atoms with van der Waals surface area (Å²) in [7, 11) is 0. The molecule has 0 saturated heterocycles. The smallest absolute Gasteiger partial charge is 0.407 e. The van der Waals surface area contributed by atoms with Crippen LogP contribution in [0.2, 0.25) is 0 Å². The summed E-state index contributed by atoms with van der Waals surface area (Å²) in [5, 5.41) is 14.4. The molecule has 0 saturated carbocycles. The first-order valence-corrected chi connectivity index (χ1v) is 11.4. The number of benzene rings is 2. The van der Waals surface area contributed by atoms with Crippen LogP contribution in [-0.4, -0.2) is 42.3 Å². The predicted octanol–water partition coefficient (Wildman–Crippen LogP) is 4.17. The number of rotatable bonds is 10. The molecule has 1 aliphatic rings. The van der Waals surface area contributed by atoms with E-state index in [0.717, 1.165) is 11.1 Å². The maximum absolute atomic E-state index is 12.4. The number of carboxylic acids is 1. The highest BCUT2D eigenvalue weighted by Gasteiger charge is 2.29. The highest BCUT2D eigenvalue weighted by molar-refractivity contribution is 5.83. The molecule has 7 heteroatoms. The molecule has 0 heterocycles. The third-order valence-corrected chi connectivity index (χ3v) is 6.28. The molecule has 0 aromatic heterocycles. The quantitative estimate of drug-likeness (QED) is 0.502. The van der Waals surface area contributed by atoms with Crippen LogP contribution in [-0.2, 0) is 14.3 Å². The van der Waals surface area contributed by atoms with E-state index in [0.29, 0.717) is 6.42 Å². The van der Waals surface area contributed by atoms with Gasteiger partial charge in [-0.3, -0.25) is 4.79 Å². The monoisotopic (exact) mass is 452 g/mol. The number of hydrogen-bond donors (Lipinski definition) is 3. The fourth-order valence-electron chi connectivity index (χ4n) is 4.24. The first kappa shape index (κ1) is 24.3. The standard InChI is InChI=1S/C26H32N2O5/c1-4-23(25(30)31)28-24(29)13-17(16(2)3)14-27-26(32)33-15-22-20-11-7-5-9-18(20)19-10-6-8-12-21(19)22/h5-12,16-17,22-23H,4,13-15H2,1-3H3,(H,27,32)(H,28,29)(H,30,31)/t17?,23-/m1/s1. The molecule has 1 unspecified atom stereocenters. The van der Waals surface area contributed by atoms with Crippen molar-refractivity contribution in [2.24, 2.45) is 11.8 Å². The van der Waals surface area contributed by atoms with Crippen molar-refractivity contribution < 1.29 is 24.2 Å². The third-order valence-electron chi connectivity index (χ3n) is 6.28. The van der Waals surface area contributed by atoms with Gasteiger partial charge in [0.15, 0.2) is 0 Å². The number of ether oxygens (including phenoxy) is 1. The van der Waals surface area contributed by atoms with Crippen LogP contribution in [0.25, 0.3) is 11.1 Å². The van der Waals surface area contributed by atoms with Gasteiger partial charge in [-0.05, 0) is 40.5 Å². The van der Waals surface area contributed by atoms with Crippen LogP contribution in [0.1, 0.15) is 50.7 Å². The van der Waals surface area contributed by atoms with Gasteiger partial charge in [-0.25, -0.2) is 9.59 Å². The molecule has 3 N–H and O–H groups in total. The Kier molecular flexibility index (Phi) is 8.09. The van der Waals surface area contributed by atoms with Gasteiger partial charge in [-0.1, -0.05) is 69.3 Å². The van der Waals surface area contributed by atoms with Crippen molar-refractivity contribution in [3.63, 3.8) is 0 Å². The lowest BCUT2D eigenvalue weighted by Gasteiger charge is -2.22. The van der Waals surface area contributed by atoms with Crippen molar-refractivity contribution in [1.82, 2.24) is 10.6 Å². The van der Waals surface area contributed by atoms with Gasteiger partial charge in [-0.15, -0.1) is 0 Å². The number of fused-ring (bicyclic) bond motifs is 3. The first-order chi connectivity index (χ1) is 15.8. The minimum absolute atomic E-state index is 0.0168. The van der Waals surface area contributed by atoms with E-state index < -0.39 is 18.1 Å². The molecule has 0 aliphatic heterocycles. The average molecular weight is 453 g/mol. The number of alkyl carbamates (subject to hydrolysis) is 1. The molecule has 176 valence electrons. The minimum Gasteiger partial charge on any atom is -0.480 e. The van der Waals surface area contributed by atoms with Crippen LogP contribution in [0.15, 0.2) is 48.5 Å². The second-order valence-corrected chi connectivity index (χ2v) is 8.78. The van der Waals surface area contributed by atoms with Gasteiger partial charge in [0, 0.05) is 18.9 Å². The van der Waals surface area contributed by atoms with Crippen molar-refractivity contribution in [3.8, 4) is 11.1 Å². The van der Waals surface area contributed by atoms with Crippen molar-refractivity contribution in [2.45, 2.75) is 45.6 Å². The van der Waals surface area contributed by atoms with E-state index in [4.69, 9.17) is 9.84 Å². The van der Waals surface area contributed by atoms with Gasteiger partial charge < -0.3 is 20.5 Å². The lowest BCUT2D eigenvalue weighted by molar-refractivity contribution is -0.142. The topological polar surface area (TPSA) is 105 Å². The largest absolute Gasteiger partial charge is 0.480 e.